The lowest BCUT2D eigenvalue weighted by Gasteiger charge is -2.09. The molecule has 6 heteroatoms. The van der Waals surface area contributed by atoms with Gasteiger partial charge in [0, 0.05) is 18.1 Å². The number of aromatic nitrogens is 2. The maximum atomic E-state index is 12.4. The second-order valence-electron chi connectivity index (χ2n) is 5.01. The number of pyridine rings is 1. The molecule has 2 heterocycles. The molecule has 2 aromatic rings. The summed E-state index contributed by atoms with van der Waals surface area (Å²) in [5.74, 6) is 0.774. The normalized spacial score (nSPS) is 10.7. The smallest absolute Gasteiger partial charge is 0.261 e. The van der Waals surface area contributed by atoms with Crippen LogP contribution in [0.15, 0.2) is 23.7 Å². The molecule has 0 aliphatic rings. The molecule has 0 atom stereocenters. The van der Waals surface area contributed by atoms with Crippen molar-refractivity contribution in [1.29, 1.82) is 0 Å². The van der Waals surface area contributed by atoms with Crippen molar-refractivity contribution in [3.63, 3.8) is 0 Å². The van der Waals surface area contributed by atoms with Gasteiger partial charge in [0.05, 0.1) is 11.3 Å². The van der Waals surface area contributed by atoms with Gasteiger partial charge in [-0.25, -0.2) is 9.97 Å². The molecule has 21 heavy (non-hydrogen) atoms. The topological polar surface area (TPSA) is 66.9 Å². The number of nitrogens with zero attached hydrogens (tertiary/aromatic N) is 2. The van der Waals surface area contributed by atoms with Gasteiger partial charge in [-0.1, -0.05) is 20.8 Å². The molecule has 2 rings (SSSR count). The number of hydrogen-bond acceptors (Lipinski definition) is 5. The van der Waals surface area contributed by atoms with Crippen LogP contribution in [0, 0.1) is 0 Å². The summed E-state index contributed by atoms with van der Waals surface area (Å²) in [6.45, 7) is 7.01. The molecule has 112 valence electrons. The first-order chi connectivity index (χ1) is 10.1. The van der Waals surface area contributed by atoms with E-state index in [1.165, 1.54) is 11.3 Å². The molecule has 0 aromatic carbocycles. The Hall–Kier alpha value is -1.95. The highest BCUT2D eigenvalue weighted by Gasteiger charge is 2.14. The van der Waals surface area contributed by atoms with Gasteiger partial charge >= 0.3 is 0 Å². The molecule has 0 fully saturated rings. The summed E-state index contributed by atoms with van der Waals surface area (Å²) in [6.07, 6.45) is 2.65. The lowest BCUT2D eigenvalue weighted by molar-refractivity contribution is 0.102. The first-order valence-electron chi connectivity index (χ1n) is 7.07. The van der Waals surface area contributed by atoms with Gasteiger partial charge in [0.2, 0.25) is 0 Å². The summed E-state index contributed by atoms with van der Waals surface area (Å²) in [4.78, 5) is 21.0. The van der Waals surface area contributed by atoms with Gasteiger partial charge in [0.1, 0.15) is 5.82 Å². The highest BCUT2D eigenvalue weighted by atomic mass is 32.1. The first-order valence-corrected chi connectivity index (χ1v) is 7.95. The second-order valence-corrected chi connectivity index (χ2v) is 5.87. The molecule has 0 saturated carbocycles. The lowest BCUT2D eigenvalue weighted by atomic mass is 10.2. The van der Waals surface area contributed by atoms with E-state index in [4.69, 9.17) is 0 Å². The zero-order chi connectivity index (χ0) is 15.2. The Morgan fingerprint density at radius 2 is 2.24 bits per heavy atom. The predicted molar refractivity (Wildman–Crippen MR) is 87.2 cm³/mol. The van der Waals surface area contributed by atoms with E-state index in [2.05, 4.69) is 41.4 Å². The fourth-order valence-electron chi connectivity index (χ4n) is 1.75. The Bertz CT molecular complexity index is 609. The zero-order valence-corrected chi connectivity index (χ0v) is 13.3. The van der Waals surface area contributed by atoms with Crippen molar-refractivity contribution < 1.29 is 4.79 Å². The Balaban J connectivity index is 2.12. The van der Waals surface area contributed by atoms with E-state index < -0.39 is 0 Å². The molecule has 2 aromatic heterocycles. The molecule has 5 nitrogen and oxygen atoms in total. The number of anilines is 2. The summed E-state index contributed by atoms with van der Waals surface area (Å²) >= 11 is 1.44. The maximum Gasteiger partial charge on any atom is 0.261 e. The first kappa shape index (κ1) is 15.4. The molecule has 0 unspecified atom stereocenters. The van der Waals surface area contributed by atoms with Crippen molar-refractivity contribution in [3.05, 3.63) is 35.0 Å². The monoisotopic (exact) mass is 304 g/mol. The average Bonchev–Trinajstić information content (AvgIpc) is 2.94. The Kier molecular flexibility index (Phi) is 5.27. The minimum absolute atomic E-state index is 0.189. The van der Waals surface area contributed by atoms with Crippen LogP contribution in [-0.2, 0) is 0 Å². The number of rotatable bonds is 6. The van der Waals surface area contributed by atoms with Crippen molar-refractivity contribution in [1.82, 2.24) is 9.97 Å². The third-order valence-electron chi connectivity index (χ3n) is 2.93. The van der Waals surface area contributed by atoms with E-state index in [0.29, 0.717) is 22.4 Å². The van der Waals surface area contributed by atoms with Crippen LogP contribution in [0.1, 0.15) is 49.2 Å². The number of amides is 1. The predicted octanol–water partition coefficient (Wildman–Crippen LogP) is 3.74. The van der Waals surface area contributed by atoms with Crippen LogP contribution in [0.2, 0.25) is 0 Å². The molecule has 0 saturated heterocycles. The number of carbonyl (C=O) groups is 1. The fraction of sp³-hybridized carbons (Fsp3) is 0.400. The Morgan fingerprint density at radius 1 is 1.43 bits per heavy atom. The van der Waals surface area contributed by atoms with Crippen LogP contribution in [0.4, 0.5) is 10.9 Å². The quantitative estimate of drug-likeness (QED) is 0.853. The standard InChI is InChI=1S/C15H20N4OS/c1-4-7-16-13-11(6-5-8-17-13)14(20)19-15-18-12(9-21-15)10(2)3/h5-6,8-10H,4,7H2,1-3H3,(H,16,17)(H,18,19,20). The summed E-state index contributed by atoms with van der Waals surface area (Å²) in [5, 5.41) is 8.59. The van der Waals surface area contributed by atoms with Gasteiger partial charge in [-0.3, -0.25) is 10.1 Å². The van der Waals surface area contributed by atoms with E-state index in [0.717, 1.165) is 18.7 Å². The van der Waals surface area contributed by atoms with Crippen LogP contribution >= 0.6 is 11.3 Å². The highest BCUT2D eigenvalue weighted by molar-refractivity contribution is 7.14. The van der Waals surface area contributed by atoms with Crippen molar-refractivity contribution in [3.8, 4) is 0 Å². The summed E-state index contributed by atoms with van der Waals surface area (Å²) < 4.78 is 0. The molecule has 0 bridgehead atoms. The van der Waals surface area contributed by atoms with E-state index in [9.17, 15) is 4.79 Å². The molecule has 0 aliphatic carbocycles. The minimum atomic E-state index is -0.189. The minimum Gasteiger partial charge on any atom is -0.369 e. The van der Waals surface area contributed by atoms with Crippen molar-refractivity contribution >= 4 is 28.2 Å². The van der Waals surface area contributed by atoms with Gasteiger partial charge in [0.25, 0.3) is 5.91 Å². The molecule has 2 N–H and O–H groups in total. The summed E-state index contributed by atoms with van der Waals surface area (Å²) in [6, 6.07) is 3.52. The molecule has 0 aliphatic heterocycles. The van der Waals surface area contributed by atoms with Gasteiger partial charge < -0.3 is 5.32 Å². The molecule has 1 amide bonds. The fourth-order valence-corrected chi connectivity index (χ4v) is 2.61. The summed E-state index contributed by atoms with van der Waals surface area (Å²) in [7, 11) is 0. The lowest BCUT2D eigenvalue weighted by Crippen LogP contribution is -2.16. The molecule has 0 radical (unpaired) electrons. The van der Waals surface area contributed by atoms with Gasteiger partial charge in [-0.2, -0.15) is 0 Å². The largest absolute Gasteiger partial charge is 0.369 e. The third kappa shape index (κ3) is 4.01. The second kappa shape index (κ2) is 7.17. The third-order valence-corrected chi connectivity index (χ3v) is 3.70. The van der Waals surface area contributed by atoms with E-state index in [1.54, 1.807) is 18.3 Å². The Labute approximate surface area is 128 Å². The van der Waals surface area contributed by atoms with Crippen LogP contribution < -0.4 is 10.6 Å². The average molecular weight is 304 g/mol. The van der Waals surface area contributed by atoms with E-state index in [-0.39, 0.29) is 5.91 Å². The number of thiazole rings is 1. The number of carbonyl (C=O) groups excluding carboxylic acids is 1. The van der Waals surface area contributed by atoms with Gasteiger partial charge in [-0.15, -0.1) is 11.3 Å². The highest BCUT2D eigenvalue weighted by Crippen LogP contribution is 2.22. The van der Waals surface area contributed by atoms with Gasteiger partial charge in [-0.05, 0) is 24.5 Å². The van der Waals surface area contributed by atoms with Crippen LogP contribution in [0.3, 0.4) is 0 Å². The van der Waals surface area contributed by atoms with Crippen molar-refractivity contribution in [2.24, 2.45) is 0 Å². The van der Waals surface area contributed by atoms with Crippen LogP contribution in [0.25, 0.3) is 0 Å². The maximum absolute atomic E-state index is 12.4. The number of nitrogens with one attached hydrogen (secondary N) is 2. The van der Waals surface area contributed by atoms with Crippen molar-refractivity contribution in [2.45, 2.75) is 33.1 Å². The molecule has 0 spiro atoms. The van der Waals surface area contributed by atoms with E-state index in [1.807, 2.05) is 5.38 Å². The molecular formula is C15H20N4OS. The summed E-state index contributed by atoms with van der Waals surface area (Å²) in [5.41, 5.74) is 1.53. The van der Waals surface area contributed by atoms with Crippen LogP contribution in [0.5, 0.6) is 0 Å². The van der Waals surface area contributed by atoms with Crippen LogP contribution in [-0.4, -0.2) is 22.4 Å². The van der Waals surface area contributed by atoms with Gasteiger partial charge in [0.15, 0.2) is 5.13 Å². The SMILES string of the molecule is CCCNc1ncccc1C(=O)Nc1nc(C(C)C)cs1. The Morgan fingerprint density at radius 3 is 2.90 bits per heavy atom. The number of hydrogen-bond donors (Lipinski definition) is 2. The van der Waals surface area contributed by atoms with Crippen molar-refractivity contribution in [2.75, 3.05) is 17.2 Å². The van der Waals surface area contributed by atoms with E-state index >= 15 is 0 Å². The zero-order valence-electron chi connectivity index (χ0n) is 12.5. The molecular weight excluding hydrogens is 284 g/mol.